The highest BCUT2D eigenvalue weighted by atomic mass is 32.2. The van der Waals surface area contributed by atoms with Crippen LogP contribution in [0.5, 0.6) is 0 Å². The van der Waals surface area contributed by atoms with E-state index in [0.29, 0.717) is 10.9 Å². The number of likely N-dealkylation sites (tertiary alicyclic amines) is 1. The fraction of sp³-hybridized carbons (Fsp3) is 0.455. The topological polar surface area (TPSA) is 12.5 Å². The molecule has 2 unspecified atom stereocenters. The Morgan fingerprint density at radius 2 is 1.81 bits per heavy atom. The quantitative estimate of drug-likeness (QED) is 0.588. The summed E-state index contributed by atoms with van der Waals surface area (Å²) in [5, 5.41) is 0. The molecule has 1 fully saturated rings. The molecule has 0 saturated carbocycles. The van der Waals surface area contributed by atoms with Crippen molar-refractivity contribution in [1.82, 2.24) is 4.90 Å². The van der Waals surface area contributed by atoms with Crippen LogP contribution in [0, 0.1) is 0 Å². The zero-order valence-electron chi connectivity index (χ0n) is 15.6. The molecule has 2 aromatic rings. The predicted molar refractivity (Wildman–Crippen MR) is 107 cm³/mol. The molecule has 2 aromatic carbocycles. The van der Waals surface area contributed by atoms with E-state index >= 15 is 0 Å². The lowest BCUT2D eigenvalue weighted by Gasteiger charge is -2.38. The van der Waals surface area contributed by atoms with Crippen LogP contribution in [0.2, 0.25) is 0 Å². The summed E-state index contributed by atoms with van der Waals surface area (Å²) in [4.78, 5) is 3.09. The van der Waals surface area contributed by atoms with Gasteiger partial charge >= 0.3 is 0 Å². The molecular weight excluding hydrogens is 345 g/mol. The molecule has 1 saturated heterocycles. The van der Waals surface area contributed by atoms with Crippen LogP contribution < -0.4 is 0 Å². The Hall–Kier alpha value is -1.36. The van der Waals surface area contributed by atoms with Crippen molar-refractivity contribution in [2.45, 2.75) is 55.8 Å². The smallest absolute Gasteiger partial charge is 0.108 e. The lowest BCUT2D eigenvalue weighted by molar-refractivity contribution is -0.0408. The number of hydrogen-bond donors (Lipinski definition) is 0. The second-order valence-corrected chi connectivity index (χ2v) is 7.77. The van der Waals surface area contributed by atoms with Crippen molar-refractivity contribution in [3.63, 3.8) is 0 Å². The van der Waals surface area contributed by atoms with Gasteiger partial charge < -0.3 is 9.64 Å². The van der Waals surface area contributed by atoms with Crippen molar-refractivity contribution < 1.29 is 8.62 Å². The van der Waals surface area contributed by atoms with E-state index in [1.807, 2.05) is 42.5 Å². The molecular formula is C22H28FNOS. The number of piperidine rings is 1. The van der Waals surface area contributed by atoms with Crippen molar-refractivity contribution >= 4 is 12.1 Å². The van der Waals surface area contributed by atoms with Crippen LogP contribution in [0.3, 0.4) is 0 Å². The molecule has 3 atom stereocenters. The van der Waals surface area contributed by atoms with Crippen molar-refractivity contribution in [3.05, 3.63) is 65.7 Å². The van der Waals surface area contributed by atoms with E-state index in [-0.39, 0.29) is 24.4 Å². The third-order valence-electron chi connectivity index (χ3n) is 5.29. The summed E-state index contributed by atoms with van der Waals surface area (Å²) in [6, 6.07) is 18.6. The molecule has 3 rings (SSSR count). The Morgan fingerprint density at radius 1 is 1.12 bits per heavy atom. The van der Waals surface area contributed by atoms with Gasteiger partial charge in [0.25, 0.3) is 0 Å². The number of nitrogens with zero attached hydrogens (tertiary/aromatic N) is 1. The van der Waals surface area contributed by atoms with E-state index in [0.717, 1.165) is 30.5 Å². The summed E-state index contributed by atoms with van der Waals surface area (Å²) in [7, 11) is 2.22. The SMILES string of the molecule is CCC[C@@H]1CC(OC(c2ccccc2)c2ccc(SF)cc2)CCN1C. The van der Waals surface area contributed by atoms with E-state index in [9.17, 15) is 3.89 Å². The largest absolute Gasteiger partial charge is 0.365 e. The molecule has 1 aliphatic rings. The first-order valence-electron chi connectivity index (χ1n) is 9.50. The summed E-state index contributed by atoms with van der Waals surface area (Å²) in [5.41, 5.74) is 2.24. The van der Waals surface area contributed by atoms with Crippen molar-refractivity contribution in [3.8, 4) is 0 Å². The lowest BCUT2D eigenvalue weighted by Crippen LogP contribution is -2.42. The standard InChI is InChI=1S/C22H28FNOS/c1-3-7-19-16-20(14-15-24(19)2)25-22(17-8-5-4-6-9-17)18-10-12-21(26-23)13-11-18/h4-6,8-13,19-20,22H,3,7,14-16H2,1-2H3/t19-,20?,22?/m1/s1. The van der Waals surface area contributed by atoms with Crippen LogP contribution in [0.15, 0.2) is 59.5 Å². The van der Waals surface area contributed by atoms with Crippen LogP contribution >= 0.6 is 12.1 Å². The van der Waals surface area contributed by atoms with Gasteiger partial charge in [-0.2, -0.15) is 3.89 Å². The predicted octanol–water partition coefficient (Wildman–Crippen LogP) is 6.03. The van der Waals surface area contributed by atoms with Crippen molar-refractivity contribution in [2.24, 2.45) is 0 Å². The molecule has 0 aliphatic carbocycles. The third kappa shape index (κ3) is 4.87. The maximum Gasteiger partial charge on any atom is 0.108 e. The maximum absolute atomic E-state index is 12.8. The zero-order valence-corrected chi connectivity index (χ0v) is 16.4. The molecule has 0 N–H and O–H groups in total. The molecule has 1 aliphatic heterocycles. The van der Waals surface area contributed by atoms with E-state index in [2.05, 4.69) is 31.0 Å². The maximum atomic E-state index is 12.8. The summed E-state index contributed by atoms with van der Waals surface area (Å²) in [6.07, 6.45) is 4.69. The Kier molecular flexibility index (Phi) is 7.12. The first kappa shape index (κ1) is 19.4. The highest BCUT2D eigenvalue weighted by Gasteiger charge is 2.29. The van der Waals surface area contributed by atoms with Gasteiger partial charge in [0.1, 0.15) is 6.10 Å². The van der Waals surface area contributed by atoms with Crippen LogP contribution in [0.25, 0.3) is 0 Å². The third-order valence-corrected chi connectivity index (χ3v) is 5.74. The monoisotopic (exact) mass is 373 g/mol. The Balaban J connectivity index is 1.79. The van der Waals surface area contributed by atoms with E-state index in [4.69, 9.17) is 4.74 Å². The number of hydrogen-bond acceptors (Lipinski definition) is 3. The van der Waals surface area contributed by atoms with E-state index in [1.54, 1.807) is 0 Å². The van der Waals surface area contributed by atoms with Gasteiger partial charge in [0.15, 0.2) is 0 Å². The first-order chi connectivity index (χ1) is 12.7. The average Bonchev–Trinajstić information content (AvgIpc) is 2.69. The van der Waals surface area contributed by atoms with Crippen molar-refractivity contribution in [1.29, 1.82) is 0 Å². The number of ether oxygens (including phenoxy) is 1. The Bertz CT molecular complexity index is 664. The lowest BCUT2D eigenvalue weighted by atomic mass is 9.95. The fourth-order valence-electron chi connectivity index (χ4n) is 3.79. The van der Waals surface area contributed by atoms with Crippen LogP contribution in [-0.2, 0) is 4.74 Å². The Morgan fingerprint density at radius 3 is 2.46 bits per heavy atom. The Labute approximate surface area is 161 Å². The average molecular weight is 374 g/mol. The minimum Gasteiger partial charge on any atom is -0.365 e. The normalized spacial score (nSPS) is 22.3. The van der Waals surface area contributed by atoms with Gasteiger partial charge in [-0.15, -0.1) is 0 Å². The second-order valence-electron chi connectivity index (χ2n) is 7.14. The zero-order chi connectivity index (χ0) is 18.4. The van der Waals surface area contributed by atoms with Crippen LogP contribution in [0.4, 0.5) is 3.89 Å². The minimum atomic E-state index is -0.106. The van der Waals surface area contributed by atoms with Gasteiger partial charge in [-0.05, 0) is 49.6 Å². The molecule has 140 valence electrons. The molecule has 0 bridgehead atoms. The van der Waals surface area contributed by atoms with Gasteiger partial charge in [0, 0.05) is 17.5 Å². The number of benzene rings is 2. The van der Waals surface area contributed by atoms with Gasteiger partial charge in [0.2, 0.25) is 0 Å². The summed E-state index contributed by atoms with van der Waals surface area (Å²) in [5.74, 6) is 0. The van der Waals surface area contributed by atoms with Crippen molar-refractivity contribution in [2.75, 3.05) is 13.6 Å². The molecule has 0 amide bonds. The molecule has 26 heavy (non-hydrogen) atoms. The molecule has 4 heteroatoms. The first-order valence-corrected chi connectivity index (χ1v) is 10.2. The highest BCUT2D eigenvalue weighted by molar-refractivity contribution is 7.94. The summed E-state index contributed by atoms with van der Waals surface area (Å²) < 4.78 is 19.4. The van der Waals surface area contributed by atoms with Gasteiger partial charge in [-0.25, -0.2) is 0 Å². The molecule has 2 nitrogen and oxygen atoms in total. The van der Waals surface area contributed by atoms with E-state index in [1.165, 1.54) is 12.8 Å². The highest BCUT2D eigenvalue weighted by Crippen LogP contribution is 2.33. The summed E-state index contributed by atoms with van der Waals surface area (Å²) in [6.45, 7) is 3.32. The van der Waals surface area contributed by atoms with Gasteiger partial charge in [-0.3, -0.25) is 0 Å². The number of halogens is 1. The van der Waals surface area contributed by atoms with E-state index < -0.39 is 0 Å². The van der Waals surface area contributed by atoms with Crippen LogP contribution in [0.1, 0.15) is 49.8 Å². The summed E-state index contributed by atoms with van der Waals surface area (Å²) >= 11 is 0.280. The molecule has 0 spiro atoms. The second kappa shape index (κ2) is 9.54. The fourth-order valence-corrected chi connectivity index (χ4v) is 4.03. The number of rotatable bonds is 7. The molecule has 0 aromatic heterocycles. The molecule has 1 heterocycles. The van der Waals surface area contributed by atoms with Gasteiger partial charge in [-0.1, -0.05) is 55.8 Å². The van der Waals surface area contributed by atoms with Gasteiger partial charge in [0.05, 0.1) is 18.3 Å². The molecule has 0 radical (unpaired) electrons. The van der Waals surface area contributed by atoms with Crippen LogP contribution in [-0.4, -0.2) is 30.6 Å². The minimum absolute atomic E-state index is 0.106.